The van der Waals surface area contributed by atoms with E-state index in [0.717, 1.165) is 64.5 Å². The van der Waals surface area contributed by atoms with Crippen LogP contribution in [-0.2, 0) is 9.47 Å². The van der Waals surface area contributed by atoms with Crippen molar-refractivity contribution in [1.82, 2.24) is 19.8 Å². The molecule has 1 aromatic heterocycles. The van der Waals surface area contributed by atoms with Crippen LogP contribution in [0.15, 0.2) is 12.4 Å². The lowest BCUT2D eigenvalue weighted by Gasteiger charge is -2.38. The van der Waals surface area contributed by atoms with Crippen molar-refractivity contribution in [3.05, 3.63) is 18.1 Å². The van der Waals surface area contributed by atoms with Crippen LogP contribution in [0.3, 0.4) is 0 Å². The molecule has 26 heavy (non-hydrogen) atoms. The van der Waals surface area contributed by atoms with Gasteiger partial charge in [0, 0.05) is 58.2 Å². The van der Waals surface area contributed by atoms with Crippen molar-refractivity contribution in [1.29, 1.82) is 0 Å². The number of piperidine rings is 1. The first-order valence-electron chi connectivity index (χ1n) is 9.56. The molecule has 0 atom stereocenters. The van der Waals surface area contributed by atoms with Gasteiger partial charge in [-0.15, -0.1) is 0 Å². The van der Waals surface area contributed by atoms with Crippen molar-refractivity contribution in [2.75, 3.05) is 63.9 Å². The topological polar surface area (TPSA) is 71.0 Å². The summed E-state index contributed by atoms with van der Waals surface area (Å²) in [7, 11) is 0. The molecule has 8 nitrogen and oxygen atoms in total. The van der Waals surface area contributed by atoms with Crippen LogP contribution in [0.4, 0.5) is 5.82 Å². The number of piperazine rings is 1. The number of aromatic nitrogens is 2. The van der Waals surface area contributed by atoms with E-state index in [9.17, 15) is 4.79 Å². The molecular weight excluding hydrogens is 334 g/mol. The van der Waals surface area contributed by atoms with Crippen LogP contribution in [0.2, 0.25) is 0 Å². The fourth-order valence-electron chi connectivity index (χ4n) is 3.93. The van der Waals surface area contributed by atoms with E-state index in [-0.39, 0.29) is 5.91 Å². The molecule has 1 spiro atoms. The van der Waals surface area contributed by atoms with E-state index >= 15 is 0 Å². The second kappa shape index (κ2) is 7.46. The fourth-order valence-corrected chi connectivity index (χ4v) is 3.93. The van der Waals surface area contributed by atoms with E-state index in [0.29, 0.717) is 18.9 Å². The summed E-state index contributed by atoms with van der Waals surface area (Å²) in [5.74, 6) is 0.407. The number of hydrogen-bond acceptors (Lipinski definition) is 7. The molecule has 4 rings (SSSR count). The van der Waals surface area contributed by atoms with Crippen molar-refractivity contribution in [3.63, 3.8) is 0 Å². The van der Waals surface area contributed by atoms with Crippen LogP contribution in [0, 0.1) is 0 Å². The maximum atomic E-state index is 12.8. The number of ether oxygens (including phenoxy) is 2. The van der Waals surface area contributed by atoms with Crippen LogP contribution in [0.1, 0.15) is 30.3 Å². The van der Waals surface area contributed by atoms with Gasteiger partial charge in [0.1, 0.15) is 17.8 Å². The van der Waals surface area contributed by atoms with Crippen LogP contribution < -0.4 is 4.90 Å². The van der Waals surface area contributed by atoms with Crippen molar-refractivity contribution in [2.24, 2.45) is 0 Å². The van der Waals surface area contributed by atoms with Crippen molar-refractivity contribution < 1.29 is 14.3 Å². The van der Waals surface area contributed by atoms with Gasteiger partial charge in [0.2, 0.25) is 0 Å². The molecule has 142 valence electrons. The van der Waals surface area contributed by atoms with Gasteiger partial charge in [0.25, 0.3) is 5.91 Å². The molecule has 4 heterocycles. The first-order valence-corrected chi connectivity index (χ1v) is 9.56. The largest absolute Gasteiger partial charge is 0.356 e. The van der Waals surface area contributed by atoms with Gasteiger partial charge < -0.3 is 24.2 Å². The predicted molar refractivity (Wildman–Crippen MR) is 96.1 cm³/mol. The van der Waals surface area contributed by atoms with Gasteiger partial charge in [-0.1, -0.05) is 6.92 Å². The Hall–Kier alpha value is -1.77. The molecule has 0 aromatic carbocycles. The molecule has 3 aliphatic rings. The molecule has 0 saturated carbocycles. The Morgan fingerprint density at radius 3 is 2.42 bits per heavy atom. The molecule has 0 aliphatic carbocycles. The third-order valence-corrected chi connectivity index (χ3v) is 5.64. The molecular formula is C18H27N5O3. The minimum atomic E-state index is -0.402. The Kier molecular flexibility index (Phi) is 5.06. The summed E-state index contributed by atoms with van der Waals surface area (Å²) >= 11 is 0. The van der Waals surface area contributed by atoms with Crippen LogP contribution in [0.25, 0.3) is 0 Å². The number of amides is 1. The molecule has 0 bridgehead atoms. The monoisotopic (exact) mass is 361 g/mol. The van der Waals surface area contributed by atoms with Gasteiger partial charge in [-0.05, 0) is 6.54 Å². The van der Waals surface area contributed by atoms with Crippen LogP contribution >= 0.6 is 0 Å². The van der Waals surface area contributed by atoms with E-state index in [1.807, 2.05) is 11.0 Å². The van der Waals surface area contributed by atoms with Gasteiger partial charge in [0.05, 0.1) is 13.2 Å². The number of hydrogen-bond donors (Lipinski definition) is 0. The quantitative estimate of drug-likeness (QED) is 0.781. The number of carbonyl (C=O) groups excluding carboxylic acids is 1. The van der Waals surface area contributed by atoms with Crippen molar-refractivity contribution in [3.8, 4) is 0 Å². The van der Waals surface area contributed by atoms with E-state index in [4.69, 9.17) is 9.47 Å². The van der Waals surface area contributed by atoms with Crippen LogP contribution in [-0.4, -0.2) is 90.5 Å². The molecule has 8 heteroatoms. The fraction of sp³-hybridized carbons (Fsp3) is 0.722. The standard InChI is InChI=1S/C18H27N5O3/c1-2-21-7-9-23(10-8-21)17(24)15-13-16(20-14-19-15)22-5-3-18(4-6-22)25-11-12-26-18/h13-14H,2-12H2,1H3. The Morgan fingerprint density at radius 1 is 1.08 bits per heavy atom. The van der Waals surface area contributed by atoms with Gasteiger partial charge in [-0.25, -0.2) is 9.97 Å². The molecule has 3 fully saturated rings. The van der Waals surface area contributed by atoms with Crippen molar-refractivity contribution >= 4 is 11.7 Å². The third kappa shape index (κ3) is 3.54. The molecule has 0 unspecified atom stereocenters. The lowest BCUT2D eigenvalue weighted by molar-refractivity contribution is -0.169. The highest BCUT2D eigenvalue weighted by atomic mass is 16.7. The third-order valence-electron chi connectivity index (χ3n) is 5.64. The first-order chi connectivity index (χ1) is 12.7. The summed E-state index contributed by atoms with van der Waals surface area (Å²) in [5, 5.41) is 0. The van der Waals surface area contributed by atoms with Crippen LogP contribution in [0.5, 0.6) is 0 Å². The summed E-state index contributed by atoms with van der Waals surface area (Å²) in [4.78, 5) is 27.8. The molecule has 3 saturated heterocycles. The molecule has 0 radical (unpaired) electrons. The highest BCUT2D eigenvalue weighted by molar-refractivity contribution is 5.93. The molecule has 1 aromatic rings. The second-order valence-electron chi connectivity index (χ2n) is 7.08. The van der Waals surface area contributed by atoms with Gasteiger partial charge in [-0.3, -0.25) is 4.79 Å². The Labute approximate surface area is 154 Å². The number of anilines is 1. The normalized spacial score (nSPS) is 23.6. The first kappa shape index (κ1) is 17.6. The second-order valence-corrected chi connectivity index (χ2v) is 7.08. The predicted octanol–water partition coefficient (Wildman–Crippen LogP) is 0.598. The summed E-state index contributed by atoms with van der Waals surface area (Å²) in [6, 6.07) is 1.82. The molecule has 3 aliphatic heterocycles. The molecule has 0 N–H and O–H groups in total. The Morgan fingerprint density at radius 2 is 1.77 bits per heavy atom. The zero-order valence-electron chi connectivity index (χ0n) is 15.4. The van der Waals surface area contributed by atoms with E-state index in [2.05, 4.69) is 26.7 Å². The Bertz CT molecular complexity index is 631. The summed E-state index contributed by atoms with van der Waals surface area (Å²) in [5.41, 5.74) is 0.480. The lowest BCUT2D eigenvalue weighted by Crippen LogP contribution is -2.48. The maximum Gasteiger partial charge on any atom is 0.272 e. The van der Waals surface area contributed by atoms with E-state index < -0.39 is 5.79 Å². The average Bonchev–Trinajstić information content (AvgIpc) is 3.16. The average molecular weight is 361 g/mol. The summed E-state index contributed by atoms with van der Waals surface area (Å²) < 4.78 is 11.6. The lowest BCUT2D eigenvalue weighted by atomic mass is 10.0. The highest BCUT2D eigenvalue weighted by Gasteiger charge is 2.40. The molecule has 1 amide bonds. The van der Waals surface area contributed by atoms with Gasteiger partial charge >= 0.3 is 0 Å². The minimum Gasteiger partial charge on any atom is -0.356 e. The maximum absolute atomic E-state index is 12.8. The van der Waals surface area contributed by atoms with Gasteiger partial charge in [0.15, 0.2) is 5.79 Å². The zero-order chi connectivity index (χ0) is 18.0. The zero-order valence-corrected chi connectivity index (χ0v) is 15.4. The Balaban J connectivity index is 1.40. The number of carbonyl (C=O) groups is 1. The number of rotatable bonds is 3. The smallest absolute Gasteiger partial charge is 0.272 e. The van der Waals surface area contributed by atoms with E-state index in [1.165, 1.54) is 6.33 Å². The van der Waals surface area contributed by atoms with E-state index in [1.54, 1.807) is 0 Å². The van der Waals surface area contributed by atoms with Gasteiger partial charge in [-0.2, -0.15) is 0 Å². The highest BCUT2D eigenvalue weighted by Crippen LogP contribution is 2.32. The summed E-state index contributed by atoms with van der Waals surface area (Å²) in [6.07, 6.45) is 3.14. The number of likely N-dealkylation sites (N-methyl/N-ethyl adjacent to an activating group) is 1. The number of nitrogens with zero attached hydrogens (tertiary/aromatic N) is 5. The minimum absolute atomic E-state index is 0.000317. The van der Waals surface area contributed by atoms with Crippen molar-refractivity contribution in [2.45, 2.75) is 25.6 Å². The summed E-state index contributed by atoms with van der Waals surface area (Å²) in [6.45, 7) is 9.51. The SMILES string of the molecule is CCN1CCN(C(=O)c2cc(N3CCC4(CC3)OCCO4)ncn2)CC1.